The molecule has 0 saturated carbocycles. The van der Waals surface area contributed by atoms with Gasteiger partial charge in [-0.2, -0.15) is 0 Å². The van der Waals surface area contributed by atoms with Gasteiger partial charge in [0.05, 0.1) is 11.0 Å². The molecule has 0 spiro atoms. The fraction of sp³-hybridized carbons (Fsp3) is 0.237. The Morgan fingerprint density at radius 2 is 1.59 bits per heavy atom. The molecule has 0 radical (unpaired) electrons. The van der Waals surface area contributed by atoms with Gasteiger partial charge in [-0.25, -0.2) is 4.98 Å². The average Bonchev–Trinajstić information content (AvgIpc) is 2.99. The maximum Gasteiger partial charge on any atom is 0.0790 e. The molecule has 4 aromatic rings. The number of hydrogen-bond donors (Lipinski definition) is 0. The lowest BCUT2D eigenvalue weighted by atomic mass is 9.89. The molecule has 0 aliphatic heterocycles. The van der Waals surface area contributed by atoms with Crippen LogP contribution in [0.1, 0.15) is 71.6 Å². The molecule has 1 aromatic heterocycles. The molecule has 0 aliphatic rings. The molecule has 0 fully saturated rings. The van der Waals surface area contributed by atoms with Crippen LogP contribution in [0.3, 0.4) is 0 Å². The van der Waals surface area contributed by atoms with E-state index in [0.717, 1.165) is 50.5 Å². The van der Waals surface area contributed by atoms with Crippen molar-refractivity contribution in [2.75, 3.05) is 0 Å². The van der Waals surface area contributed by atoms with Gasteiger partial charge in [0.15, 0.2) is 0 Å². The summed E-state index contributed by atoms with van der Waals surface area (Å²) in [6, 6.07) is 21.6. The summed E-state index contributed by atoms with van der Waals surface area (Å²) in [6.45, 7) is 24.9. The van der Waals surface area contributed by atoms with Crippen molar-refractivity contribution in [1.82, 2.24) is 4.98 Å². The van der Waals surface area contributed by atoms with Crippen LogP contribution in [0.15, 0.2) is 109 Å². The maximum absolute atomic E-state index is 5.11. The number of fused-ring (bicyclic) bond motifs is 2. The summed E-state index contributed by atoms with van der Waals surface area (Å²) in [5.74, 6) is 0. The van der Waals surface area contributed by atoms with Crippen LogP contribution in [-0.4, -0.2) is 4.98 Å². The molecule has 0 saturated heterocycles. The molecule has 39 heavy (non-hydrogen) atoms. The normalized spacial score (nSPS) is 11.6. The number of para-hydroxylation sites is 1. The van der Waals surface area contributed by atoms with E-state index in [9.17, 15) is 0 Å². The largest absolute Gasteiger partial charge is 0.247 e. The van der Waals surface area contributed by atoms with E-state index < -0.39 is 0 Å². The van der Waals surface area contributed by atoms with E-state index in [1.54, 1.807) is 0 Å². The van der Waals surface area contributed by atoms with Crippen molar-refractivity contribution in [2.45, 2.75) is 61.8 Å². The molecule has 1 heteroatoms. The second-order valence-corrected chi connectivity index (χ2v) is 8.77. The molecule has 0 bridgehead atoms. The summed E-state index contributed by atoms with van der Waals surface area (Å²) in [5, 5.41) is 2.32. The first-order valence-corrected chi connectivity index (χ1v) is 14.3. The standard InChI is InChI=1S/C34H33N.2C2H6/c1-7-14-28(23(5)9-3)27(10-4)25-16-13-17-26(22-25)33-30-18-11-12-19-32(30)35-34-29(15-8-2)24(6)20-21-31(33)34;2*1-2/h7-8,10-22H,4-5,9H2,1-3,6H3;2*1-2H3/b14-7-,15-8-,28-27+;;. The molecule has 0 amide bonds. The summed E-state index contributed by atoms with van der Waals surface area (Å²) >= 11 is 0. The van der Waals surface area contributed by atoms with Gasteiger partial charge in [-0.1, -0.05) is 127 Å². The summed E-state index contributed by atoms with van der Waals surface area (Å²) in [5.41, 5.74) is 11.3. The van der Waals surface area contributed by atoms with Crippen molar-refractivity contribution in [3.63, 3.8) is 0 Å². The molecule has 1 heterocycles. The van der Waals surface area contributed by atoms with Gasteiger partial charge >= 0.3 is 0 Å². The predicted molar refractivity (Wildman–Crippen MR) is 178 cm³/mol. The Kier molecular flexibility index (Phi) is 12.4. The van der Waals surface area contributed by atoms with E-state index in [1.165, 1.54) is 22.3 Å². The molecule has 0 unspecified atom stereocenters. The van der Waals surface area contributed by atoms with Gasteiger partial charge in [0.25, 0.3) is 0 Å². The third-order valence-corrected chi connectivity index (χ3v) is 6.54. The van der Waals surface area contributed by atoms with Gasteiger partial charge in [-0.05, 0) is 72.7 Å². The van der Waals surface area contributed by atoms with Crippen LogP contribution < -0.4 is 0 Å². The van der Waals surface area contributed by atoms with E-state index in [0.29, 0.717) is 0 Å². The highest BCUT2D eigenvalue weighted by Gasteiger charge is 2.15. The number of nitrogens with zero attached hydrogens (tertiary/aromatic N) is 1. The Morgan fingerprint density at radius 1 is 0.872 bits per heavy atom. The lowest BCUT2D eigenvalue weighted by molar-refractivity contribution is 1.13. The second kappa shape index (κ2) is 15.4. The highest BCUT2D eigenvalue weighted by molar-refractivity contribution is 6.11. The zero-order valence-corrected chi connectivity index (χ0v) is 25.2. The Labute approximate surface area is 237 Å². The highest BCUT2D eigenvalue weighted by atomic mass is 14.7. The number of allylic oxidation sites excluding steroid dienone is 7. The van der Waals surface area contributed by atoms with Crippen molar-refractivity contribution in [3.05, 3.63) is 126 Å². The molecular weight excluding hydrogens is 470 g/mol. The van der Waals surface area contributed by atoms with Crippen LogP contribution in [0.5, 0.6) is 0 Å². The van der Waals surface area contributed by atoms with Crippen molar-refractivity contribution < 1.29 is 0 Å². The summed E-state index contributed by atoms with van der Waals surface area (Å²) < 4.78 is 0. The average molecular weight is 516 g/mol. The van der Waals surface area contributed by atoms with Gasteiger partial charge in [0, 0.05) is 21.9 Å². The SMILES string of the molecule is C=C/C(=C(/C=C\C)C(=C)CC)c1cccc(-c2c3ccccc3nc3c(/C=C\C)c(C)ccc23)c1.CC.CC. The third kappa shape index (κ3) is 6.73. The molecule has 0 N–H and O–H groups in total. The van der Waals surface area contributed by atoms with Gasteiger partial charge in [0.2, 0.25) is 0 Å². The molecular formula is C38H45N. The van der Waals surface area contributed by atoms with Crippen LogP contribution in [-0.2, 0) is 0 Å². The molecule has 4 rings (SSSR count). The molecule has 202 valence electrons. The lowest BCUT2D eigenvalue weighted by Gasteiger charge is -2.16. The monoisotopic (exact) mass is 515 g/mol. The van der Waals surface area contributed by atoms with Crippen LogP contribution in [0.25, 0.3) is 44.6 Å². The number of aryl methyl sites for hydroxylation is 1. The van der Waals surface area contributed by atoms with E-state index in [-0.39, 0.29) is 0 Å². The van der Waals surface area contributed by atoms with Gasteiger partial charge < -0.3 is 0 Å². The first kappa shape index (κ1) is 31.2. The quantitative estimate of drug-likeness (QED) is 0.176. The number of hydrogen-bond acceptors (Lipinski definition) is 1. The Balaban J connectivity index is 0.00000127. The predicted octanol–water partition coefficient (Wildman–Crippen LogP) is 11.9. The van der Waals surface area contributed by atoms with Crippen LogP contribution >= 0.6 is 0 Å². The molecule has 0 atom stereocenters. The van der Waals surface area contributed by atoms with Crippen LogP contribution in [0, 0.1) is 6.92 Å². The van der Waals surface area contributed by atoms with Crippen molar-refractivity contribution in [1.29, 1.82) is 0 Å². The van der Waals surface area contributed by atoms with Crippen molar-refractivity contribution in [3.8, 4) is 11.1 Å². The zero-order valence-electron chi connectivity index (χ0n) is 25.2. The maximum atomic E-state index is 5.11. The fourth-order valence-electron chi connectivity index (χ4n) is 4.75. The van der Waals surface area contributed by atoms with Crippen LogP contribution in [0.2, 0.25) is 0 Å². The van der Waals surface area contributed by atoms with Crippen molar-refractivity contribution in [2.24, 2.45) is 0 Å². The van der Waals surface area contributed by atoms with Gasteiger partial charge in [-0.3, -0.25) is 0 Å². The minimum Gasteiger partial charge on any atom is -0.247 e. The smallest absolute Gasteiger partial charge is 0.0790 e. The van der Waals surface area contributed by atoms with Gasteiger partial charge in [-0.15, -0.1) is 0 Å². The van der Waals surface area contributed by atoms with E-state index in [1.807, 2.05) is 40.7 Å². The van der Waals surface area contributed by atoms with Crippen LogP contribution in [0.4, 0.5) is 0 Å². The van der Waals surface area contributed by atoms with Crippen molar-refractivity contribution >= 4 is 33.5 Å². The molecule has 1 nitrogen and oxygen atoms in total. The number of pyridine rings is 1. The number of benzene rings is 3. The first-order chi connectivity index (χ1) is 19.0. The number of aromatic nitrogens is 1. The minimum absolute atomic E-state index is 0.892. The van der Waals surface area contributed by atoms with E-state index in [2.05, 4.69) is 119 Å². The van der Waals surface area contributed by atoms with E-state index in [4.69, 9.17) is 4.98 Å². The van der Waals surface area contributed by atoms with Gasteiger partial charge in [0.1, 0.15) is 0 Å². The lowest BCUT2D eigenvalue weighted by Crippen LogP contribution is -1.95. The Bertz CT molecular complexity index is 1530. The minimum atomic E-state index is 0.892. The first-order valence-electron chi connectivity index (χ1n) is 14.3. The summed E-state index contributed by atoms with van der Waals surface area (Å²) in [6.07, 6.45) is 11.3. The summed E-state index contributed by atoms with van der Waals surface area (Å²) in [7, 11) is 0. The zero-order chi connectivity index (χ0) is 28.9. The Morgan fingerprint density at radius 3 is 2.23 bits per heavy atom. The van der Waals surface area contributed by atoms with E-state index >= 15 is 0 Å². The third-order valence-electron chi connectivity index (χ3n) is 6.54. The summed E-state index contributed by atoms with van der Waals surface area (Å²) in [4.78, 5) is 5.11. The second-order valence-electron chi connectivity index (χ2n) is 8.77. The number of rotatable bonds is 7. The molecule has 3 aromatic carbocycles. The topological polar surface area (TPSA) is 12.9 Å². The fourth-order valence-corrected chi connectivity index (χ4v) is 4.75. The Hall–Kier alpha value is -3.97. The molecule has 0 aliphatic carbocycles. The highest BCUT2D eigenvalue weighted by Crippen LogP contribution is 2.38.